The minimum absolute atomic E-state index is 0.232. The molecule has 1 aliphatic carbocycles. The average molecular weight is 133 g/mol. The molecule has 2 rings (SSSR count). The molecule has 0 bridgehead atoms. The summed E-state index contributed by atoms with van der Waals surface area (Å²) in [4.78, 5) is 0. The predicted octanol–water partition coefficient (Wildman–Crippen LogP) is 1.01. The van der Waals surface area contributed by atoms with Crippen molar-refractivity contribution >= 4 is 0 Å². The van der Waals surface area contributed by atoms with Gasteiger partial charge in [-0.25, -0.2) is 0 Å². The summed E-state index contributed by atoms with van der Waals surface area (Å²) in [7, 11) is 0. The van der Waals surface area contributed by atoms with E-state index >= 15 is 0 Å². The van der Waals surface area contributed by atoms with Crippen molar-refractivity contribution in [1.29, 1.82) is 0 Å². The summed E-state index contributed by atoms with van der Waals surface area (Å²) in [5, 5.41) is 12.1. The van der Waals surface area contributed by atoms with E-state index in [1.165, 1.54) is 0 Å². The van der Waals surface area contributed by atoms with E-state index in [0.29, 0.717) is 5.76 Å². The van der Waals surface area contributed by atoms with E-state index in [-0.39, 0.29) is 6.04 Å². The SMILES string of the molecule is OC1=CC2=C=CNC2C=C1. The normalized spacial score (nSPS) is 27.0. The largest absolute Gasteiger partial charge is 0.508 e. The first-order valence-corrected chi connectivity index (χ1v) is 3.16. The van der Waals surface area contributed by atoms with E-state index in [1.807, 2.05) is 6.08 Å². The summed E-state index contributed by atoms with van der Waals surface area (Å²) in [6.07, 6.45) is 7.06. The van der Waals surface area contributed by atoms with Crippen molar-refractivity contribution in [3.8, 4) is 0 Å². The number of rotatable bonds is 0. The van der Waals surface area contributed by atoms with Crippen LogP contribution in [0.1, 0.15) is 0 Å². The van der Waals surface area contributed by atoms with Crippen molar-refractivity contribution in [2.75, 3.05) is 0 Å². The third-order valence-corrected chi connectivity index (χ3v) is 1.60. The highest BCUT2D eigenvalue weighted by molar-refractivity contribution is 5.40. The molecule has 0 aromatic carbocycles. The summed E-state index contributed by atoms with van der Waals surface area (Å²) in [6, 6.07) is 0.232. The van der Waals surface area contributed by atoms with Gasteiger partial charge in [-0.05, 0) is 12.2 Å². The molecule has 0 aromatic heterocycles. The second-order valence-corrected chi connectivity index (χ2v) is 2.32. The molecule has 0 amide bonds. The number of allylic oxidation sites excluding steroid dienone is 1. The molecule has 0 spiro atoms. The van der Waals surface area contributed by atoms with Crippen LogP contribution in [0.25, 0.3) is 0 Å². The smallest absolute Gasteiger partial charge is 0.116 e. The summed E-state index contributed by atoms with van der Waals surface area (Å²) in [5.41, 5.74) is 3.98. The number of nitrogens with one attached hydrogen (secondary N) is 1. The lowest BCUT2D eigenvalue weighted by molar-refractivity contribution is 0.429. The van der Waals surface area contributed by atoms with E-state index in [0.717, 1.165) is 5.57 Å². The number of hydrogen-bond donors (Lipinski definition) is 2. The molecule has 0 radical (unpaired) electrons. The summed E-state index contributed by atoms with van der Waals surface area (Å²) >= 11 is 0. The monoisotopic (exact) mass is 133 g/mol. The van der Waals surface area contributed by atoms with Crippen molar-refractivity contribution in [3.63, 3.8) is 0 Å². The van der Waals surface area contributed by atoms with E-state index in [4.69, 9.17) is 5.11 Å². The molecule has 0 saturated heterocycles. The van der Waals surface area contributed by atoms with Crippen molar-refractivity contribution in [3.05, 3.63) is 41.5 Å². The van der Waals surface area contributed by atoms with Gasteiger partial charge in [0.05, 0.1) is 6.04 Å². The molecule has 0 saturated carbocycles. The molecule has 2 N–H and O–H groups in total. The van der Waals surface area contributed by atoms with Crippen molar-refractivity contribution in [2.24, 2.45) is 0 Å². The highest BCUT2D eigenvalue weighted by Crippen LogP contribution is 2.16. The van der Waals surface area contributed by atoms with Gasteiger partial charge in [0.15, 0.2) is 0 Å². The number of aliphatic hydroxyl groups excluding tert-OH is 1. The lowest BCUT2D eigenvalue weighted by atomic mass is 10.0. The third kappa shape index (κ3) is 0.668. The van der Waals surface area contributed by atoms with Gasteiger partial charge in [-0.1, -0.05) is 11.8 Å². The summed E-state index contributed by atoms with van der Waals surface area (Å²) < 4.78 is 0. The number of fused-ring (bicyclic) bond motifs is 1. The van der Waals surface area contributed by atoms with Crippen LogP contribution in [-0.2, 0) is 0 Å². The molecule has 1 aliphatic heterocycles. The van der Waals surface area contributed by atoms with Crippen LogP contribution >= 0.6 is 0 Å². The molecular formula is C8H7NO. The van der Waals surface area contributed by atoms with E-state index in [9.17, 15) is 0 Å². The maximum absolute atomic E-state index is 9.03. The molecule has 50 valence electrons. The molecule has 1 unspecified atom stereocenters. The molecule has 1 heterocycles. The molecule has 0 fully saturated rings. The Morgan fingerprint density at radius 2 is 2.50 bits per heavy atom. The highest BCUT2D eigenvalue weighted by Gasteiger charge is 2.14. The molecule has 0 aromatic rings. The van der Waals surface area contributed by atoms with Crippen LogP contribution in [0.15, 0.2) is 41.5 Å². The zero-order valence-electron chi connectivity index (χ0n) is 5.33. The molecule has 2 aliphatic rings. The Kier molecular flexibility index (Phi) is 0.965. The Labute approximate surface area is 58.9 Å². The zero-order valence-corrected chi connectivity index (χ0v) is 5.33. The fourth-order valence-electron chi connectivity index (χ4n) is 1.09. The van der Waals surface area contributed by atoms with Crippen LogP contribution in [0.5, 0.6) is 0 Å². The maximum atomic E-state index is 9.03. The van der Waals surface area contributed by atoms with Gasteiger partial charge in [0.1, 0.15) is 5.76 Å². The van der Waals surface area contributed by atoms with Gasteiger partial charge in [0.2, 0.25) is 0 Å². The van der Waals surface area contributed by atoms with Crippen LogP contribution in [-0.4, -0.2) is 11.1 Å². The summed E-state index contributed by atoms with van der Waals surface area (Å²) in [6.45, 7) is 0. The molecule has 10 heavy (non-hydrogen) atoms. The Balaban J connectivity index is 2.41. The van der Waals surface area contributed by atoms with Crippen molar-refractivity contribution in [1.82, 2.24) is 5.32 Å². The minimum atomic E-state index is 0.232. The highest BCUT2D eigenvalue weighted by atomic mass is 16.3. The van der Waals surface area contributed by atoms with E-state index in [1.54, 1.807) is 18.4 Å². The van der Waals surface area contributed by atoms with Crippen molar-refractivity contribution < 1.29 is 5.11 Å². The minimum Gasteiger partial charge on any atom is -0.508 e. The van der Waals surface area contributed by atoms with Gasteiger partial charge in [0.25, 0.3) is 0 Å². The van der Waals surface area contributed by atoms with Crippen molar-refractivity contribution in [2.45, 2.75) is 6.04 Å². The lowest BCUT2D eigenvalue weighted by Gasteiger charge is -2.11. The van der Waals surface area contributed by atoms with Gasteiger partial charge in [-0.2, -0.15) is 0 Å². The van der Waals surface area contributed by atoms with Crippen LogP contribution in [0.2, 0.25) is 0 Å². The van der Waals surface area contributed by atoms with Crippen LogP contribution in [0.3, 0.4) is 0 Å². The topological polar surface area (TPSA) is 32.3 Å². The number of aliphatic hydroxyl groups is 1. The number of hydrogen-bond acceptors (Lipinski definition) is 2. The van der Waals surface area contributed by atoms with E-state index in [2.05, 4.69) is 11.0 Å². The quantitative estimate of drug-likeness (QED) is 0.483. The first kappa shape index (κ1) is 5.39. The fraction of sp³-hybridized carbons (Fsp3) is 0.125. The average Bonchev–Trinajstić information content (AvgIpc) is 2.33. The maximum Gasteiger partial charge on any atom is 0.116 e. The molecule has 1 atom stereocenters. The molecular weight excluding hydrogens is 126 g/mol. The predicted molar refractivity (Wildman–Crippen MR) is 38.4 cm³/mol. The molecule has 2 nitrogen and oxygen atoms in total. The second-order valence-electron chi connectivity index (χ2n) is 2.32. The van der Waals surface area contributed by atoms with Gasteiger partial charge >= 0.3 is 0 Å². The van der Waals surface area contributed by atoms with Crippen LogP contribution in [0.4, 0.5) is 0 Å². The Morgan fingerprint density at radius 1 is 1.60 bits per heavy atom. The van der Waals surface area contributed by atoms with Crippen LogP contribution in [0, 0.1) is 0 Å². The zero-order chi connectivity index (χ0) is 6.97. The lowest BCUT2D eigenvalue weighted by Crippen LogP contribution is -2.20. The summed E-state index contributed by atoms with van der Waals surface area (Å²) in [5.74, 6) is 0.302. The van der Waals surface area contributed by atoms with Gasteiger partial charge < -0.3 is 10.4 Å². The van der Waals surface area contributed by atoms with Gasteiger partial charge in [-0.3, -0.25) is 0 Å². The third-order valence-electron chi connectivity index (χ3n) is 1.60. The van der Waals surface area contributed by atoms with Gasteiger partial charge in [-0.15, -0.1) is 0 Å². The van der Waals surface area contributed by atoms with Crippen LogP contribution < -0.4 is 5.32 Å². The first-order valence-electron chi connectivity index (χ1n) is 3.16. The Morgan fingerprint density at radius 3 is 3.40 bits per heavy atom. The first-order chi connectivity index (χ1) is 4.86. The Bertz CT molecular complexity index is 280. The van der Waals surface area contributed by atoms with E-state index < -0.39 is 0 Å². The Hall–Kier alpha value is -1.40. The molecule has 2 heteroatoms. The standard InChI is InChI=1S/C8H7NO/c10-7-1-2-8-6(5-7)3-4-9-8/h1-2,4-5,8-10H. The fourth-order valence-corrected chi connectivity index (χ4v) is 1.09. The second kappa shape index (κ2) is 1.79. The van der Waals surface area contributed by atoms with Gasteiger partial charge in [0, 0.05) is 11.8 Å².